The van der Waals surface area contributed by atoms with Gasteiger partial charge in [-0.05, 0) is 19.1 Å². The zero-order chi connectivity index (χ0) is 13.7. The van der Waals surface area contributed by atoms with Crippen LogP contribution in [0.5, 0.6) is 0 Å². The Morgan fingerprint density at radius 2 is 2.32 bits per heavy atom. The Kier molecular flexibility index (Phi) is 4.81. The van der Waals surface area contributed by atoms with E-state index in [1.54, 1.807) is 7.11 Å². The maximum Gasteiger partial charge on any atom is 0.257 e. The van der Waals surface area contributed by atoms with Gasteiger partial charge in [0.2, 0.25) is 5.91 Å². The lowest BCUT2D eigenvalue weighted by atomic mass is 10.3. The maximum atomic E-state index is 11.7. The Balaban J connectivity index is 1.86. The average molecular weight is 280 g/mol. The number of carbonyl (C=O) groups is 1. The third kappa shape index (κ3) is 3.97. The summed E-state index contributed by atoms with van der Waals surface area (Å²) in [4.78, 5) is 16.0. The van der Waals surface area contributed by atoms with E-state index in [-0.39, 0.29) is 17.7 Å². The number of rotatable bonds is 6. The van der Waals surface area contributed by atoms with E-state index in [2.05, 4.69) is 10.3 Å². The predicted octanol–water partition coefficient (Wildman–Crippen LogP) is 2.07. The van der Waals surface area contributed by atoms with Gasteiger partial charge in [0.25, 0.3) is 5.22 Å². The summed E-state index contributed by atoms with van der Waals surface area (Å²) < 4.78 is 10.5. The van der Waals surface area contributed by atoms with Gasteiger partial charge in [0.15, 0.2) is 5.58 Å². The summed E-state index contributed by atoms with van der Waals surface area (Å²) in [5, 5.41) is 3.34. The zero-order valence-electron chi connectivity index (χ0n) is 10.9. The molecule has 0 bridgehead atoms. The highest BCUT2D eigenvalue weighted by Crippen LogP contribution is 2.22. The Labute approximate surface area is 115 Å². The number of nitrogens with zero attached hydrogens (tertiary/aromatic N) is 1. The number of amides is 1. The summed E-state index contributed by atoms with van der Waals surface area (Å²) in [6.07, 6.45) is 0. The number of aromatic nitrogens is 1. The number of para-hydroxylation sites is 2. The molecule has 0 saturated heterocycles. The maximum absolute atomic E-state index is 11.7. The van der Waals surface area contributed by atoms with Gasteiger partial charge in [0.05, 0.1) is 12.4 Å². The summed E-state index contributed by atoms with van der Waals surface area (Å²) >= 11 is 1.28. The minimum absolute atomic E-state index is 0.00160. The normalized spacial score (nSPS) is 12.5. The Hall–Kier alpha value is -1.53. The van der Waals surface area contributed by atoms with Gasteiger partial charge in [-0.1, -0.05) is 23.9 Å². The van der Waals surface area contributed by atoms with E-state index in [0.29, 0.717) is 11.8 Å². The molecule has 0 saturated carbocycles. The highest BCUT2D eigenvalue weighted by Gasteiger charge is 2.10. The number of benzene rings is 1. The van der Waals surface area contributed by atoms with Crippen molar-refractivity contribution in [3.63, 3.8) is 0 Å². The first-order chi connectivity index (χ1) is 9.19. The van der Waals surface area contributed by atoms with E-state index in [4.69, 9.17) is 9.15 Å². The van der Waals surface area contributed by atoms with Gasteiger partial charge >= 0.3 is 0 Å². The topological polar surface area (TPSA) is 64.4 Å². The molecule has 1 aromatic heterocycles. The van der Waals surface area contributed by atoms with Crippen LogP contribution < -0.4 is 5.32 Å². The van der Waals surface area contributed by atoms with Crippen molar-refractivity contribution in [2.45, 2.75) is 18.2 Å². The summed E-state index contributed by atoms with van der Waals surface area (Å²) in [7, 11) is 1.61. The monoisotopic (exact) mass is 280 g/mol. The van der Waals surface area contributed by atoms with Crippen LogP contribution >= 0.6 is 11.8 Å². The smallest absolute Gasteiger partial charge is 0.257 e. The van der Waals surface area contributed by atoms with Gasteiger partial charge in [-0.25, -0.2) is 4.98 Å². The molecule has 1 amide bonds. The van der Waals surface area contributed by atoms with Crippen molar-refractivity contribution in [2.75, 3.05) is 19.5 Å². The number of oxazole rings is 1. The van der Waals surface area contributed by atoms with Crippen molar-refractivity contribution < 1.29 is 13.9 Å². The summed E-state index contributed by atoms with van der Waals surface area (Å²) in [5.74, 6) is 0.220. The second-order valence-corrected chi connectivity index (χ2v) is 5.09. The first-order valence-corrected chi connectivity index (χ1v) is 6.94. The van der Waals surface area contributed by atoms with Crippen molar-refractivity contribution in [3.05, 3.63) is 24.3 Å². The molecule has 2 rings (SSSR count). The van der Waals surface area contributed by atoms with Crippen LogP contribution in [0.2, 0.25) is 0 Å². The average Bonchev–Trinajstić information content (AvgIpc) is 2.79. The molecule has 0 radical (unpaired) electrons. The number of ether oxygens (including phenoxy) is 1. The lowest BCUT2D eigenvalue weighted by molar-refractivity contribution is -0.119. The second kappa shape index (κ2) is 6.58. The number of nitrogens with one attached hydrogen (secondary N) is 1. The number of methoxy groups -OCH3 is 1. The number of carbonyl (C=O) groups excluding carboxylic acids is 1. The predicted molar refractivity (Wildman–Crippen MR) is 74.2 cm³/mol. The van der Waals surface area contributed by atoms with Gasteiger partial charge in [0.1, 0.15) is 5.52 Å². The number of fused-ring (bicyclic) bond motifs is 1. The van der Waals surface area contributed by atoms with Crippen LogP contribution in [-0.4, -0.2) is 36.4 Å². The standard InChI is InChI=1S/C13H16N2O3S/c1-9(7-17-2)14-12(16)8-19-13-15-10-5-3-4-6-11(10)18-13/h3-6,9H,7-8H2,1-2H3,(H,14,16). The molecule has 102 valence electrons. The van der Waals surface area contributed by atoms with E-state index in [0.717, 1.165) is 11.1 Å². The summed E-state index contributed by atoms with van der Waals surface area (Å²) in [6.45, 7) is 2.39. The molecule has 0 spiro atoms. The largest absolute Gasteiger partial charge is 0.431 e. The van der Waals surface area contributed by atoms with Crippen LogP contribution in [0, 0.1) is 0 Å². The molecule has 1 unspecified atom stereocenters. The van der Waals surface area contributed by atoms with Gasteiger partial charge in [-0.2, -0.15) is 0 Å². The molecule has 1 heterocycles. The molecule has 1 N–H and O–H groups in total. The molecule has 6 heteroatoms. The summed E-state index contributed by atoms with van der Waals surface area (Å²) in [6, 6.07) is 7.53. The second-order valence-electron chi connectivity index (χ2n) is 4.16. The quantitative estimate of drug-likeness (QED) is 0.821. The Morgan fingerprint density at radius 3 is 3.05 bits per heavy atom. The number of hydrogen-bond acceptors (Lipinski definition) is 5. The fourth-order valence-electron chi connectivity index (χ4n) is 1.65. The lowest BCUT2D eigenvalue weighted by Crippen LogP contribution is -2.36. The lowest BCUT2D eigenvalue weighted by Gasteiger charge is -2.11. The Bertz CT molecular complexity index is 523. The molecule has 0 aliphatic rings. The fraction of sp³-hybridized carbons (Fsp3) is 0.385. The van der Waals surface area contributed by atoms with Crippen LogP contribution in [0.1, 0.15) is 6.92 Å². The van der Waals surface area contributed by atoms with Crippen molar-refractivity contribution in [2.24, 2.45) is 0 Å². The molecule has 1 atom stereocenters. The SMILES string of the molecule is COCC(C)NC(=O)CSc1nc2ccccc2o1. The van der Waals surface area contributed by atoms with Crippen LogP contribution in [-0.2, 0) is 9.53 Å². The molecule has 19 heavy (non-hydrogen) atoms. The molecular formula is C13H16N2O3S. The van der Waals surface area contributed by atoms with Crippen molar-refractivity contribution >= 4 is 28.8 Å². The van der Waals surface area contributed by atoms with Crippen molar-refractivity contribution in [1.82, 2.24) is 10.3 Å². The third-order valence-electron chi connectivity index (χ3n) is 2.43. The van der Waals surface area contributed by atoms with E-state index in [1.807, 2.05) is 31.2 Å². The van der Waals surface area contributed by atoms with E-state index >= 15 is 0 Å². The van der Waals surface area contributed by atoms with Gasteiger partial charge < -0.3 is 14.5 Å². The highest BCUT2D eigenvalue weighted by molar-refractivity contribution is 7.99. The van der Waals surface area contributed by atoms with Crippen LogP contribution in [0.4, 0.5) is 0 Å². The zero-order valence-corrected chi connectivity index (χ0v) is 11.7. The number of hydrogen-bond donors (Lipinski definition) is 1. The van der Waals surface area contributed by atoms with E-state index in [9.17, 15) is 4.79 Å². The van der Waals surface area contributed by atoms with Crippen molar-refractivity contribution in [3.8, 4) is 0 Å². The number of thioether (sulfide) groups is 1. The molecule has 1 aromatic carbocycles. The van der Waals surface area contributed by atoms with E-state index < -0.39 is 0 Å². The first-order valence-electron chi connectivity index (χ1n) is 5.95. The molecular weight excluding hydrogens is 264 g/mol. The van der Waals surface area contributed by atoms with Gasteiger partial charge in [0, 0.05) is 13.2 Å². The highest BCUT2D eigenvalue weighted by atomic mass is 32.2. The molecule has 0 fully saturated rings. The first kappa shape index (κ1) is 13.9. The fourth-order valence-corrected chi connectivity index (χ4v) is 2.30. The van der Waals surface area contributed by atoms with Crippen molar-refractivity contribution in [1.29, 1.82) is 0 Å². The van der Waals surface area contributed by atoms with Crippen LogP contribution in [0.15, 0.2) is 33.9 Å². The van der Waals surface area contributed by atoms with Gasteiger partial charge in [-0.3, -0.25) is 4.79 Å². The minimum Gasteiger partial charge on any atom is -0.431 e. The van der Waals surface area contributed by atoms with Crippen LogP contribution in [0.3, 0.4) is 0 Å². The van der Waals surface area contributed by atoms with E-state index in [1.165, 1.54) is 11.8 Å². The minimum atomic E-state index is -0.0585. The van der Waals surface area contributed by atoms with Gasteiger partial charge in [-0.15, -0.1) is 0 Å². The third-order valence-corrected chi connectivity index (χ3v) is 3.25. The molecule has 0 aliphatic carbocycles. The molecule has 0 aliphatic heterocycles. The van der Waals surface area contributed by atoms with Crippen LogP contribution in [0.25, 0.3) is 11.1 Å². The molecule has 2 aromatic rings. The summed E-state index contributed by atoms with van der Waals surface area (Å²) in [5.41, 5.74) is 1.54. The Morgan fingerprint density at radius 1 is 1.53 bits per heavy atom. The molecule has 5 nitrogen and oxygen atoms in total.